The fraction of sp³-hybridized carbons (Fsp3) is 0.600. The van der Waals surface area contributed by atoms with Gasteiger partial charge in [-0.15, -0.1) is 0 Å². The van der Waals surface area contributed by atoms with Crippen LogP contribution in [0.4, 0.5) is 0 Å². The second-order valence-corrected chi connectivity index (χ2v) is 9.70. The first kappa shape index (κ1) is 26.6. The molecule has 2 heteroatoms. The fourth-order valence-electron chi connectivity index (χ4n) is 4.45. The van der Waals surface area contributed by atoms with Crippen LogP contribution in [0.25, 0.3) is 11.1 Å². The average molecular weight is 437 g/mol. The van der Waals surface area contributed by atoms with Gasteiger partial charge < -0.3 is 9.80 Å². The molecule has 0 saturated carbocycles. The van der Waals surface area contributed by atoms with Crippen LogP contribution in [0, 0.1) is 0 Å². The summed E-state index contributed by atoms with van der Waals surface area (Å²) in [6.07, 6.45) is 13.5. The minimum absolute atomic E-state index is 1.03. The van der Waals surface area contributed by atoms with Crippen LogP contribution in [-0.2, 0) is 13.1 Å². The molecule has 0 saturated heterocycles. The Morgan fingerprint density at radius 3 is 1.34 bits per heavy atom. The topological polar surface area (TPSA) is 6.48 Å². The van der Waals surface area contributed by atoms with Crippen LogP contribution in [0.15, 0.2) is 48.5 Å². The van der Waals surface area contributed by atoms with E-state index in [1.165, 1.54) is 99.6 Å². The Balaban J connectivity index is 1.86. The second kappa shape index (κ2) is 16.0. The summed E-state index contributed by atoms with van der Waals surface area (Å²) in [6, 6.07) is 18.2. The highest BCUT2D eigenvalue weighted by molar-refractivity contribution is 5.64. The Morgan fingerprint density at radius 1 is 0.531 bits per heavy atom. The number of unbranched alkanes of at least 4 members (excludes halogenated alkanes) is 8. The zero-order valence-corrected chi connectivity index (χ0v) is 21.4. The quantitative estimate of drug-likeness (QED) is 0.231. The van der Waals surface area contributed by atoms with Crippen LogP contribution in [0.5, 0.6) is 0 Å². The summed E-state index contributed by atoms with van der Waals surface area (Å²) in [7, 11) is 4.51. The Labute approximate surface area is 199 Å². The van der Waals surface area contributed by atoms with Gasteiger partial charge in [0.15, 0.2) is 0 Å². The van der Waals surface area contributed by atoms with E-state index in [4.69, 9.17) is 0 Å². The smallest absolute Gasteiger partial charge is 0.0230 e. The minimum atomic E-state index is 1.03. The van der Waals surface area contributed by atoms with Gasteiger partial charge in [0.1, 0.15) is 0 Å². The van der Waals surface area contributed by atoms with Crippen molar-refractivity contribution >= 4 is 0 Å². The summed E-state index contributed by atoms with van der Waals surface area (Å²) in [6.45, 7) is 9.00. The van der Waals surface area contributed by atoms with Crippen molar-refractivity contribution in [1.29, 1.82) is 0 Å². The normalized spacial score (nSPS) is 11.6. The first-order valence-electron chi connectivity index (χ1n) is 13.2. The van der Waals surface area contributed by atoms with E-state index in [-0.39, 0.29) is 0 Å². The van der Waals surface area contributed by atoms with Gasteiger partial charge in [0.2, 0.25) is 0 Å². The van der Waals surface area contributed by atoms with Crippen molar-refractivity contribution in [1.82, 2.24) is 9.80 Å². The monoisotopic (exact) mass is 436 g/mol. The van der Waals surface area contributed by atoms with Gasteiger partial charge in [-0.25, -0.2) is 0 Å². The molecule has 0 atom stereocenters. The van der Waals surface area contributed by atoms with Crippen LogP contribution >= 0.6 is 0 Å². The second-order valence-electron chi connectivity index (χ2n) is 9.70. The fourth-order valence-corrected chi connectivity index (χ4v) is 4.45. The molecular weight excluding hydrogens is 388 g/mol. The zero-order chi connectivity index (χ0) is 23.0. The lowest BCUT2D eigenvalue weighted by Gasteiger charge is -2.18. The summed E-state index contributed by atoms with van der Waals surface area (Å²) >= 11 is 0. The maximum atomic E-state index is 2.47. The van der Waals surface area contributed by atoms with Gasteiger partial charge in [0.25, 0.3) is 0 Å². The Hall–Kier alpha value is -1.64. The number of benzene rings is 2. The first-order chi connectivity index (χ1) is 15.6. The van der Waals surface area contributed by atoms with Crippen molar-refractivity contribution in [2.75, 3.05) is 27.2 Å². The maximum Gasteiger partial charge on any atom is 0.0230 e. The molecule has 0 aliphatic carbocycles. The molecular formula is C30H48N2. The molecule has 0 aliphatic rings. The van der Waals surface area contributed by atoms with Crippen molar-refractivity contribution in [3.05, 3.63) is 59.7 Å². The molecule has 0 heterocycles. The van der Waals surface area contributed by atoms with E-state index >= 15 is 0 Å². The van der Waals surface area contributed by atoms with Crippen molar-refractivity contribution in [3.8, 4) is 11.1 Å². The third-order valence-electron chi connectivity index (χ3n) is 6.38. The van der Waals surface area contributed by atoms with Gasteiger partial charge in [-0.3, -0.25) is 0 Å². The number of hydrogen-bond acceptors (Lipinski definition) is 2. The van der Waals surface area contributed by atoms with E-state index in [0.29, 0.717) is 0 Å². The predicted octanol–water partition coefficient (Wildman–Crippen LogP) is 8.16. The Kier molecular flexibility index (Phi) is 13.3. The highest BCUT2D eigenvalue weighted by atomic mass is 15.1. The van der Waals surface area contributed by atoms with Gasteiger partial charge in [-0.05, 0) is 74.4 Å². The van der Waals surface area contributed by atoms with Gasteiger partial charge in [-0.2, -0.15) is 0 Å². The standard InChI is InChI=1S/C30H48N2/c1-5-7-9-11-13-21-31(3)25-27-17-15-19-29(23-27)30-20-16-18-28(24-30)26-32(4)22-14-12-10-8-6-2/h15-20,23-24H,5-14,21-22,25-26H2,1-4H3. The van der Waals surface area contributed by atoms with Crippen molar-refractivity contribution in [2.45, 2.75) is 91.1 Å². The number of rotatable bonds is 17. The van der Waals surface area contributed by atoms with Crippen LogP contribution in [0.2, 0.25) is 0 Å². The number of hydrogen-bond donors (Lipinski definition) is 0. The molecule has 178 valence electrons. The van der Waals surface area contributed by atoms with E-state index < -0.39 is 0 Å². The summed E-state index contributed by atoms with van der Waals surface area (Å²) in [4.78, 5) is 4.94. The number of nitrogens with zero attached hydrogens (tertiary/aromatic N) is 2. The molecule has 32 heavy (non-hydrogen) atoms. The molecule has 0 radical (unpaired) electrons. The first-order valence-corrected chi connectivity index (χ1v) is 13.2. The Bertz CT molecular complexity index is 676. The third-order valence-corrected chi connectivity index (χ3v) is 6.38. The highest BCUT2D eigenvalue weighted by Crippen LogP contribution is 2.23. The molecule has 2 rings (SSSR count). The SMILES string of the molecule is CCCCCCCN(C)Cc1cccc(-c2cccc(CN(C)CCCCCCC)c2)c1. The third kappa shape index (κ3) is 10.8. The molecule has 0 N–H and O–H groups in total. The molecule has 2 aromatic carbocycles. The summed E-state index contributed by atoms with van der Waals surface area (Å²) < 4.78 is 0. The summed E-state index contributed by atoms with van der Waals surface area (Å²) in [5.74, 6) is 0. The van der Waals surface area contributed by atoms with Crippen molar-refractivity contribution in [2.24, 2.45) is 0 Å². The van der Waals surface area contributed by atoms with Crippen LogP contribution in [0.1, 0.15) is 89.2 Å². The molecule has 0 unspecified atom stereocenters. The summed E-state index contributed by atoms with van der Waals surface area (Å²) in [5, 5.41) is 0. The van der Waals surface area contributed by atoms with Gasteiger partial charge in [-0.1, -0.05) is 102 Å². The van der Waals surface area contributed by atoms with Crippen LogP contribution in [0.3, 0.4) is 0 Å². The maximum absolute atomic E-state index is 2.47. The van der Waals surface area contributed by atoms with E-state index in [1.54, 1.807) is 0 Å². The highest BCUT2D eigenvalue weighted by Gasteiger charge is 2.06. The van der Waals surface area contributed by atoms with Gasteiger partial charge in [0, 0.05) is 13.1 Å². The summed E-state index contributed by atoms with van der Waals surface area (Å²) in [5.41, 5.74) is 5.49. The van der Waals surface area contributed by atoms with Crippen LogP contribution in [-0.4, -0.2) is 37.0 Å². The van der Waals surface area contributed by atoms with E-state index in [9.17, 15) is 0 Å². The predicted molar refractivity (Wildman–Crippen MR) is 142 cm³/mol. The lowest BCUT2D eigenvalue weighted by atomic mass is 10.0. The minimum Gasteiger partial charge on any atom is -0.302 e. The van der Waals surface area contributed by atoms with Crippen LogP contribution < -0.4 is 0 Å². The molecule has 2 nitrogen and oxygen atoms in total. The molecule has 0 bridgehead atoms. The Morgan fingerprint density at radius 2 is 0.938 bits per heavy atom. The van der Waals surface area contributed by atoms with Gasteiger partial charge in [0.05, 0.1) is 0 Å². The lowest BCUT2D eigenvalue weighted by molar-refractivity contribution is 0.316. The van der Waals surface area contributed by atoms with Crippen molar-refractivity contribution in [3.63, 3.8) is 0 Å². The largest absolute Gasteiger partial charge is 0.302 e. The molecule has 0 aromatic heterocycles. The average Bonchev–Trinajstić information content (AvgIpc) is 2.79. The zero-order valence-electron chi connectivity index (χ0n) is 21.4. The molecule has 2 aromatic rings. The molecule has 0 spiro atoms. The van der Waals surface area contributed by atoms with Gasteiger partial charge >= 0.3 is 0 Å². The molecule has 0 aliphatic heterocycles. The molecule has 0 amide bonds. The van der Waals surface area contributed by atoms with E-state index in [2.05, 4.69) is 86.3 Å². The lowest BCUT2D eigenvalue weighted by Crippen LogP contribution is -2.19. The van der Waals surface area contributed by atoms with E-state index in [0.717, 1.165) is 13.1 Å². The van der Waals surface area contributed by atoms with Crippen molar-refractivity contribution < 1.29 is 0 Å². The molecule has 0 fully saturated rings. The van der Waals surface area contributed by atoms with E-state index in [1.807, 2.05) is 0 Å².